The van der Waals surface area contributed by atoms with Gasteiger partial charge >= 0.3 is 6.18 Å². The molecule has 218 valence electrons. The summed E-state index contributed by atoms with van der Waals surface area (Å²) in [6, 6.07) is 9.57. The molecule has 2 aromatic carbocycles. The molecule has 0 bridgehead atoms. The van der Waals surface area contributed by atoms with Crippen molar-refractivity contribution in [2.24, 2.45) is 13.0 Å². The number of hydrogen-bond acceptors (Lipinski definition) is 5. The Morgan fingerprint density at radius 3 is 2.54 bits per heavy atom. The number of alkyl halides is 5. The van der Waals surface area contributed by atoms with Gasteiger partial charge in [0, 0.05) is 50.3 Å². The molecule has 0 unspecified atom stereocenters. The van der Waals surface area contributed by atoms with Gasteiger partial charge in [-0.25, -0.2) is 8.78 Å². The van der Waals surface area contributed by atoms with Crippen LogP contribution < -0.4 is 4.90 Å². The smallest absolute Gasteiger partial charge is 0.393 e. The number of halogens is 5. The second-order valence-corrected chi connectivity index (χ2v) is 11.7. The Balaban J connectivity index is 1.32. The van der Waals surface area contributed by atoms with Crippen molar-refractivity contribution in [3.8, 4) is 0 Å². The van der Waals surface area contributed by atoms with Gasteiger partial charge in [-0.05, 0) is 53.8 Å². The molecule has 1 amide bonds. The first kappa shape index (κ1) is 27.8. The van der Waals surface area contributed by atoms with Crippen LogP contribution in [0.3, 0.4) is 0 Å². The van der Waals surface area contributed by atoms with Gasteiger partial charge in [-0.15, -0.1) is 10.2 Å². The van der Waals surface area contributed by atoms with Crippen molar-refractivity contribution >= 4 is 11.6 Å². The number of likely N-dealkylation sites (tertiary alicyclic amines) is 1. The highest BCUT2D eigenvalue weighted by atomic mass is 19.4. The number of aliphatic hydroxyl groups excluding tert-OH is 1. The predicted molar refractivity (Wildman–Crippen MR) is 139 cm³/mol. The van der Waals surface area contributed by atoms with Crippen molar-refractivity contribution in [2.75, 3.05) is 18.0 Å². The van der Waals surface area contributed by atoms with Gasteiger partial charge in [0.15, 0.2) is 0 Å². The molecule has 2 aliphatic heterocycles. The number of benzene rings is 2. The summed E-state index contributed by atoms with van der Waals surface area (Å²) < 4.78 is 72.4. The molecule has 0 radical (unpaired) electrons. The summed E-state index contributed by atoms with van der Waals surface area (Å²) in [7, 11) is 1.80. The van der Waals surface area contributed by atoms with Gasteiger partial charge in [-0.3, -0.25) is 9.69 Å². The minimum atomic E-state index is -4.70. The Hall–Kier alpha value is -3.38. The minimum Gasteiger partial charge on any atom is -0.393 e. The van der Waals surface area contributed by atoms with Gasteiger partial charge in [-0.2, -0.15) is 13.2 Å². The number of piperidine rings is 1. The van der Waals surface area contributed by atoms with Crippen molar-refractivity contribution in [1.82, 2.24) is 19.7 Å². The third-order valence-electron chi connectivity index (χ3n) is 8.85. The van der Waals surface area contributed by atoms with Crippen LogP contribution in [0, 0.1) is 5.92 Å². The first-order valence-corrected chi connectivity index (χ1v) is 13.6. The monoisotopic (exact) mass is 575 g/mol. The lowest BCUT2D eigenvalue weighted by molar-refractivity contribution is -0.138. The largest absolute Gasteiger partial charge is 0.416 e. The zero-order chi connectivity index (χ0) is 29.3. The van der Waals surface area contributed by atoms with Crippen LogP contribution in [0.25, 0.3) is 0 Å². The molecule has 0 spiro atoms. The topological polar surface area (TPSA) is 74.5 Å². The van der Waals surface area contributed by atoms with E-state index in [9.17, 15) is 31.9 Å². The first-order valence-electron chi connectivity index (χ1n) is 13.6. The number of nitrogens with zero attached hydrogens (tertiary/aromatic N) is 5. The van der Waals surface area contributed by atoms with E-state index in [0.29, 0.717) is 24.4 Å². The first-order chi connectivity index (χ1) is 19.3. The normalized spacial score (nSPS) is 26.2. The summed E-state index contributed by atoms with van der Waals surface area (Å²) >= 11 is 0. The van der Waals surface area contributed by atoms with Crippen LogP contribution in [-0.2, 0) is 31.7 Å². The second kappa shape index (κ2) is 9.59. The van der Waals surface area contributed by atoms with E-state index in [2.05, 4.69) is 10.2 Å². The molecule has 1 aliphatic carbocycles. The van der Waals surface area contributed by atoms with E-state index >= 15 is 0 Å². The van der Waals surface area contributed by atoms with Crippen molar-refractivity contribution in [3.05, 3.63) is 76.4 Å². The molecule has 12 heteroatoms. The Morgan fingerprint density at radius 2 is 1.90 bits per heavy atom. The molecule has 2 fully saturated rings. The zero-order valence-electron chi connectivity index (χ0n) is 22.6. The number of rotatable bonds is 5. The van der Waals surface area contributed by atoms with E-state index in [4.69, 9.17) is 0 Å². The molecular weight excluding hydrogens is 545 g/mol. The second-order valence-electron chi connectivity index (χ2n) is 11.7. The highest BCUT2D eigenvalue weighted by Crippen LogP contribution is 2.49. The minimum absolute atomic E-state index is 0.0299. The number of hydrogen-bond donors (Lipinski definition) is 1. The maximum atomic E-state index is 14.2. The van der Waals surface area contributed by atoms with Crippen LogP contribution in [0.2, 0.25) is 0 Å². The summed E-state index contributed by atoms with van der Waals surface area (Å²) in [5.41, 5.74) is -0.160. The Kier molecular flexibility index (Phi) is 6.49. The zero-order valence-corrected chi connectivity index (χ0v) is 22.6. The highest BCUT2D eigenvalue weighted by Gasteiger charge is 2.50. The Bertz CT molecular complexity index is 1500. The molecule has 3 aliphatic rings. The van der Waals surface area contributed by atoms with Crippen LogP contribution >= 0.6 is 0 Å². The van der Waals surface area contributed by atoms with Crippen molar-refractivity contribution in [2.45, 2.75) is 62.9 Å². The van der Waals surface area contributed by atoms with Crippen molar-refractivity contribution < 1.29 is 31.9 Å². The van der Waals surface area contributed by atoms with Crippen LogP contribution in [0.4, 0.5) is 27.6 Å². The molecule has 1 atom stereocenters. The number of aliphatic hydroxyl groups is 1. The summed E-state index contributed by atoms with van der Waals surface area (Å²) in [4.78, 5) is 16.7. The fourth-order valence-electron chi connectivity index (χ4n) is 6.57. The van der Waals surface area contributed by atoms with E-state index in [1.54, 1.807) is 41.0 Å². The quantitative estimate of drug-likeness (QED) is 0.438. The molecule has 1 saturated heterocycles. The molecule has 1 aromatic heterocycles. The Morgan fingerprint density at radius 1 is 1.15 bits per heavy atom. The number of aryl methyl sites for hydroxylation is 1. The molecule has 1 N–H and O–H groups in total. The molecule has 3 heterocycles. The van der Waals surface area contributed by atoms with E-state index in [-0.39, 0.29) is 49.3 Å². The Labute approximate surface area is 233 Å². The predicted octanol–water partition coefficient (Wildman–Crippen LogP) is 4.91. The molecule has 41 heavy (non-hydrogen) atoms. The van der Waals surface area contributed by atoms with Gasteiger partial charge in [0.25, 0.3) is 11.8 Å². The van der Waals surface area contributed by atoms with E-state index in [1.807, 2.05) is 6.07 Å². The number of carbonyl (C=O) groups excluding carboxylic acids is 1. The molecule has 7 nitrogen and oxygen atoms in total. The molecule has 1 saturated carbocycles. The number of aromatic nitrogens is 3. The molecular formula is C29H30F5N5O2. The molecule has 6 rings (SSSR count). The average molecular weight is 576 g/mol. The van der Waals surface area contributed by atoms with E-state index in [0.717, 1.165) is 11.6 Å². The summed E-state index contributed by atoms with van der Waals surface area (Å²) in [5, 5.41) is 18.4. The number of carbonyl (C=O) groups is 1. The fraction of sp³-hybridized carbons (Fsp3) is 0.483. The van der Waals surface area contributed by atoms with Crippen LogP contribution in [0.5, 0.6) is 0 Å². The SMILES string of the molecule is C[C@@H]1CN(Cc2cc3c(c(C(F)(F)F)c2)CN(c2cccc(C4(c5nncn5C)CC(O)C4)c2)C3=O)CCC1(F)F. The summed E-state index contributed by atoms with van der Waals surface area (Å²) in [5.74, 6) is -3.62. The maximum absolute atomic E-state index is 14.2. The molecule has 3 aromatic rings. The summed E-state index contributed by atoms with van der Waals surface area (Å²) in [6.45, 7) is 1.34. The van der Waals surface area contributed by atoms with Crippen LogP contribution in [0.15, 0.2) is 42.7 Å². The number of amides is 1. The van der Waals surface area contributed by atoms with Gasteiger partial charge in [0.05, 0.1) is 23.6 Å². The van der Waals surface area contributed by atoms with Crippen molar-refractivity contribution in [3.63, 3.8) is 0 Å². The number of anilines is 1. The number of fused-ring (bicyclic) bond motifs is 1. The van der Waals surface area contributed by atoms with Gasteiger partial charge in [0.2, 0.25) is 0 Å². The summed E-state index contributed by atoms with van der Waals surface area (Å²) in [6.07, 6.45) is -3.22. The maximum Gasteiger partial charge on any atom is 0.416 e. The van der Waals surface area contributed by atoms with E-state index in [1.165, 1.54) is 17.9 Å². The van der Waals surface area contributed by atoms with Crippen LogP contribution in [0.1, 0.15) is 64.6 Å². The third-order valence-corrected chi connectivity index (χ3v) is 8.85. The fourth-order valence-corrected chi connectivity index (χ4v) is 6.57. The van der Waals surface area contributed by atoms with Crippen LogP contribution in [-0.4, -0.2) is 55.8 Å². The lowest BCUT2D eigenvalue weighted by Crippen LogP contribution is -2.47. The lowest BCUT2D eigenvalue weighted by Gasteiger charge is -2.45. The highest BCUT2D eigenvalue weighted by molar-refractivity contribution is 6.10. The van der Waals surface area contributed by atoms with Crippen molar-refractivity contribution in [1.29, 1.82) is 0 Å². The van der Waals surface area contributed by atoms with Gasteiger partial charge in [-0.1, -0.05) is 19.1 Å². The lowest BCUT2D eigenvalue weighted by atomic mass is 9.62. The average Bonchev–Trinajstić information content (AvgIpc) is 3.46. The standard InChI is InChI=1S/C29H30F5N5O2/c1-17-13-38(7-6-28(17,30)31)14-18-8-22-23(24(9-18)29(32,33)34)15-39(25(22)41)20-5-3-4-19(10-20)27(11-21(40)12-27)26-36-35-16-37(26)2/h3-5,8-10,16-17,21,40H,6-7,11-15H2,1-2H3/t17-,21?,27?/m1/s1. The third kappa shape index (κ3) is 4.70. The van der Waals surface area contributed by atoms with E-state index < -0.39 is 41.0 Å². The van der Waals surface area contributed by atoms with Gasteiger partial charge < -0.3 is 14.6 Å². The van der Waals surface area contributed by atoms with Gasteiger partial charge in [0.1, 0.15) is 12.2 Å².